The van der Waals surface area contributed by atoms with E-state index < -0.39 is 51.8 Å². The molecule has 1 N–H and O–H groups in total. The Bertz CT molecular complexity index is 1110. The monoisotopic (exact) mass is 454 g/mol. The van der Waals surface area contributed by atoms with Crippen molar-refractivity contribution in [3.05, 3.63) is 42.0 Å². The van der Waals surface area contributed by atoms with Gasteiger partial charge >= 0.3 is 0 Å². The summed E-state index contributed by atoms with van der Waals surface area (Å²) in [6.07, 6.45) is 2.99. The van der Waals surface area contributed by atoms with Gasteiger partial charge in [0.2, 0.25) is 15.9 Å². The first-order valence-corrected chi connectivity index (χ1v) is 11.5. The van der Waals surface area contributed by atoms with Gasteiger partial charge in [0.25, 0.3) is 0 Å². The number of hydrogen-bond acceptors (Lipinski definition) is 5. The molecule has 0 aliphatic heterocycles. The molecule has 166 valence electrons. The van der Waals surface area contributed by atoms with Gasteiger partial charge in [-0.25, -0.2) is 31.0 Å². The molecule has 2 aliphatic rings. The third kappa shape index (κ3) is 5.02. The van der Waals surface area contributed by atoms with Gasteiger partial charge in [0.1, 0.15) is 6.07 Å². The summed E-state index contributed by atoms with van der Waals surface area (Å²) in [5.41, 5.74) is 0.685. The van der Waals surface area contributed by atoms with Crippen LogP contribution in [-0.4, -0.2) is 42.0 Å². The van der Waals surface area contributed by atoms with Crippen molar-refractivity contribution >= 4 is 10.0 Å². The lowest BCUT2D eigenvalue weighted by Crippen LogP contribution is -2.49. The average molecular weight is 454 g/mol. The number of alkyl halides is 2. The number of nitrogens with zero attached hydrogens (tertiary/aromatic N) is 3. The molecule has 4 rings (SSSR count). The fourth-order valence-electron chi connectivity index (χ4n) is 3.71. The van der Waals surface area contributed by atoms with Gasteiger partial charge in [-0.05, 0) is 31.4 Å². The van der Waals surface area contributed by atoms with Crippen molar-refractivity contribution in [3.63, 3.8) is 0 Å². The summed E-state index contributed by atoms with van der Waals surface area (Å²) in [7, 11) is -3.54. The smallest absolute Gasteiger partial charge is 0.248 e. The maximum absolute atomic E-state index is 14.5. The van der Waals surface area contributed by atoms with E-state index >= 15 is 0 Å². The second-order valence-electron chi connectivity index (χ2n) is 8.04. The van der Waals surface area contributed by atoms with E-state index in [0.717, 1.165) is 6.07 Å². The first kappa shape index (κ1) is 21.6. The molecule has 1 aromatic carbocycles. The number of rotatable bonds is 7. The zero-order chi connectivity index (χ0) is 22.2. The van der Waals surface area contributed by atoms with Gasteiger partial charge in [0.05, 0.1) is 29.3 Å². The van der Waals surface area contributed by atoms with Crippen molar-refractivity contribution in [2.24, 2.45) is 5.92 Å². The Labute approximate surface area is 177 Å². The van der Waals surface area contributed by atoms with Crippen LogP contribution < -0.4 is 9.46 Å². The number of sulfonamides is 1. The van der Waals surface area contributed by atoms with Crippen LogP contribution in [0.25, 0.3) is 5.69 Å². The highest BCUT2D eigenvalue weighted by Gasteiger charge is 2.45. The van der Waals surface area contributed by atoms with Gasteiger partial charge < -0.3 is 4.74 Å². The van der Waals surface area contributed by atoms with Gasteiger partial charge in [0.15, 0.2) is 11.6 Å². The third-order valence-corrected chi connectivity index (χ3v) is 7.55. The lowest BCUT2D eigenvalue weighted by Gasteiger charge is -2.36. The molecule has 0 spiro atoms. The van der Waals surface area contributed by atoms with Crippen LogP contribution in [-0.2, 0) is 10.0 Å². The van der Waals surface area contributed by atoms with E-state index in [9.17, 15) is 21.6 Å². The lowest BCUT2D eigenvalue weighted by atomic mass is 9.83. The molecule has 0 radical (unpaired) electrons. The van der Waals surface area contributed by atoms with E-state index in [-0.39, 0.29) is 18.8 Å². The Hall–Kier alpha value is -2.58. The largest absolute Gasteiger partial charge is 0.490 e. The molecule has 0 amide bonds. The molecular formula is C20H21F3N4O3S. The van der Waals surface area contributed by atoms with Crippen LogP contribution in [0.15, 0.2) is 30.6 Å². The van der Waals surface area contributed by atoms with E-state index in [1.165, 1.54) is 29.2 Å². The second kappa shape index (κ2) is 8.16. The molecule has 7 nitrogen and oxygen atoms in total. The van der Waals surface area contributed by atoms with E-state index in [0.29, 0.717) is 24.1 Å². The number of aromatic nitrogens is 2. The number of hydrogen-bond donors (Lipinski definition) is 1. The molecule has 11 heteroatoms. The molecule has 2 fully saturated rings. The van der Waals surface area contributed by atoms with Crippen LogP contribution in [0, 0.1) is 23.1 Å². The number of halogens is 3. The zero-order valence-corrected chi connectivity index (χ0v) is 17.3. The minimum absolute atomic E-state index is 0.00504. The van der Waals surface area contributed by atoms with Crippen LogP contribution in [0.3, 0.4) is 0 Å². The minimum Gasteiger partial charge on any atom is -0.490 e. The number of benzene rings is 1. The van der Waals surface area contributed by atoms with Crippen molar-refractivity contribution in [2.75, 3.05) is 6.61 Å². The van der Waals surface area contributed by atoms with Crippen molar-refractivity contribution < 1.29 is 26.3 Å². The molecule has 0 saturated heterocycles. The highest BCUT2D eigenvalue weighted by atomic mass is 32.2. The summed E-state index contributed by atoms with van der Waals surface area (Å²) in [5.74, 6) is -4.56. The third-order valence-electron chi connectivity index (χ3n) is 5.57. The molecule has 2 aromatic rings. The van der Waals surface area contributed by atoms with Crippen molar-refractivity contribution in [2.45, 2.75) is 49.3 Å². The fourth-order valence-corrected chi connectivity index (χ4v) is 5.40. The van der Waals surface area contributed by atoms with Crippen molar-refractivity contribution in [1.29, 1.82) is 5.26 Å². The predicted molar refractivity (Wildman–Crippen MR) is 105 cm³/mol. The van der Waals surface area contributed by atoms with Gasteiger partial charge in [-0.1, -0.05) is 0 Å². The summed E-state index contributed by atoms with van der Waals surface area (Å²) in [5, 5.41) is 12.4. The van der Waals surface area contributed by atoms with Crippen molar-refractivity contribution in [3.8, 4) is 17.5 Å². The predicted octanol–water partition coefficient (Wildman–Crippen LogP) is 3.15. The molecule has 0 bridgehead atoms. The van der Waals surface area contributed by atoms with Gasteiger partial charge in [-0.15, -0.1) is 0 Å². The summed E-state index contributed by atoms with van der Waals surface area (Å²) in [4.78, 5) is 0. The SMILES string of the molecule is N#Cc1cnn(-c2ccc(OC[C@@H]3CC(F)(F)CC[C@@H]3NS(=O)(=O)C3CC3)c(F)c2)c1. The molecule has 1 aromatic heterocycles. The molecule has 2 saturated carbocycles. The minimum atomic E-state index is -3.54. The highest BCUT2D eigenvalue weighted by molar-refractivity contribution is 7.90. The number of nitriles is 1. The van der Waals surface area contributed by atoms with Crippen molar-refractivity contribution in [1.82, 2.24) is 14.5 Å². The number of ether oxygens (including phenoxy) is 1. The molecule has 2 atom stereocenters. The zero-order valence-electron chi connectivity index (χ0n) is 16.5. The summed E-state index contributed by atoms with van der Waals surface area (Å²) < 4.78 is 76.4. The standard InChI is InChI=1S/C20H21F3N4O3S/c21-17-7-15(27-11-13(9-24)10-25-27)1-4-19(17)30-12-14-8-20(22,23)6-5-18(14)26-31(28,29)16-2-3-16/h1,4,7,10-11,14,16,18,26H,2-3,5-6,8,12H2/t14-,18-/m0/s1. The van der Waals surface area contributed by atoms with Crippen LogP contribution in [0.5, 0.6) is 5.75 Å². The Morgan fingerprint density at radius 2 is 2.10 bits per heavy atom. The fraction of sp³-hybridized carbons (Fsp3) is 0.500. The molecule has 2 aliphatic carbocycles. The summed E-state index contributed by atoms with van der Waals surface area (Å²) in [6, 6.07) is 5.28. The van der Waals surface area contributed by atoms with E-state index in [1.54, 1.807) is 0 Å². The Kier molecular flexibility index (Phi) is 5.70. The van der Waals surface area contributed by atoms with Gasteiger partial charge in [-0.2, -0.15) is 10.4 Å². The Balaban J connectivity index is 1.45. The first-order chi connectivity index (χ1) is 14.7. The van der Waals surface area contributed by atoms with Crippen LogP contribution in [0.1, 0.15) is 37.7 Å². The van der Waals surface area contributed by atoms with Crippen LogP contribution in [0.2, 0.25) is 0 Å². The Morgan fingerprint density at radius 1 is 1.32 bits per heavy atom. The quantitative estimate of drug-likeness (QED) is 0.693. The molecule has 31 heavy (non-hydrogen) atoms. The highest BCUT2D eigenvalue weighted by Crippen LogP contribution is 2.38. The normalized spacial score (nSPS) is 23.3. The summed E-state index contributed by atoms with van der Waals surface area (Å²) >= 11 is 0. The lowest BCUT2D eigenvalue weighted by molar-refractivity contribution is -0.0662. The summed E-state index contributed by atoms with van der Waals surface area (Å²) in [6.45, 7) is -0.246. The van der Waals surface area contributed by atoms with Crippen LogP contribution in [0.4, 0.5) is 13.2 Å². The second-order valence-corrected chi connectivity index (χ2v) is 10.0. The topological polar surface area (TPSA) is 97.0 Å². The maximum Gasteiger partial charge on any atom is 0.248 e. The van der Waals surface area contributed by atoms with E-state index in [2.05, 4.69) is 9.82 Å². The maximum atomic E-state index is 14.5. The van der Waals surface area contributed by atoms with E-state index in [4.69, 9.17) is 10.00 Å². The number of nitrogens with one attached hydrogen (secondary N) is 1. The van der Waals surface area contributed by atoms with Gasteiger partial charge in [0, 0.05) is 37.1 Å². The average Bonchev–Trinajstić information content (AvgIpc) is 3.47. The molecular weight excluding hydrogens is 433 g/mol. The first-order valence-electron chi connectivity index (χ1n) is 9.93. The van der Waals surface area contributed by atoms with E-state index in [1.807, 2.05) is 6.07 Å². The molecule has 0 unspecified atom stereocenters. The van der Waals surface area contributed by atoms with Crippen LogP contribution >= 0.6 is 0 Å². The molecule has 1 heterocycles. The Morgan fingerprint density at radius 3 is 2.74 bits per heavy atom. The van der Waals surface area contributed by atoms with Gasteiger partial charge in [-0.3, -0.25) is 0 Å².